The molecule has 1 aliphatic heterocycles. The lowest BCUT2D eigenvalue weighted by atomic mass is 9.92. The molecule has 1 aromatic rings. The summed E-state index contributed by atoms with van der Waals surface area (Å²) in [6, 6.07) is -1.00. The van der Waals surface area contributed by atoms with Crippen LogP contribution in [-0.2, 0) is 15.0 Å². The predicted octanol–water partition coefficient (Wildman–Crippen LogP) is 1.83. The van der Waals surface area contributed by atoms with Gasteiger partial charge in [0.05, 0.1) is 10.9 Å². The van der Waals surface area contributed by atoms with Gasteiger partial charge in [0.15, 0.2) is 0 Å². The Morgan fingerprint density at radius 2 is 1.87 bits per heavy atom. The summed E-state index contributed by atoms with van der Waals surface area (Å²) in [6.45, 7) is 5.82. The van der Waals surface area contributed by atoms with E-state index >= 15 is 0 Å². The quantitative estimate of drug-likeness (QED) is 0.869. The van der Waals surface area contributed by atoms with Gasteiger partial charge in [-0.05, 0) is 12.8 Å². The van der Waals surface area contributed by atoms with Crippen LogP contribution in [0.25, 0.3) is 0 Å². The molecular formula is C15H20N2O5S. The number of amides is 1. The lowest BCUT2D eigenvalue weighted by Gasteiger charge is -2.35. The van der Waals surface area contributed by atoms with Crippen molar-refractivity contribution in [3.8, 4) is 0 Å². The van der Waals surface area contributed by atoms with Crippen LogP contribution in [0.4, 0.5) is 0 Å². The van der Waals surface area contributed by atoms with E-state index < -0.39 is 29.8 Å². The Hall–Kier alpha value is -1.96. The van der Waals surface area contributed by atoms with Crippen LogP contribution >= 0.6 is 11.3 Å². The zero-order valence-electron chi connectivity index (χ0n) is 13.3. The fraction of sp³-hybridized carbons (Fsp3) is 0.600. The summed E-state index contributed by atoms with van der Waals surface area (Å²) in [7, 11) is 0. The number of carbonyl (C=O) groups excluding carboxylic acids is 1. The molecule has 23 heavy (non-hydrogen) atoms. The van der Waals surface area contributed by atoms with Crippen molar-refractivity contribution in [2.75, 3.05) is 6.54 Å². The van der Waals surface area contributed by atoms with E-state index in [0.717, 1.165) is 9.91 Å². The Morgan fingerprint density at radius 3 is 2.35 bits per heavy atom. The van der Waals surface area contributed by atoms with Gasteiger partial charge in [-0.15, -0.1) is 11.3 Å². The second-order valence-corrected chi connectivity index (χ2v) is 7.57. The van der Waals surface area contributed by atoms with Gasteiger partial charge in [-0.25, -0.2) is 9.78 Å². The standard InChI is InChI=1S/C15H20N2O5S/c1-15(2,3)14-16-9(7-23-14)11(18)17-6-8(12(19)20)4-5-10(17)13(21)22/h7-8,10H,4-6H2,1-3H3,(H,19,20)(H,21,22). The summed E-state index contributed by atoms with van der Waals surface area (Å²) in [5.74, 6) is -3.39. The normalized spacial score (nSPS) is 22.0. The minimum atomic E-state index is -1.12. The SMILES string of the molecule is CC(C)(C)c1nc(C(=O)N2CC(C(=O)O)CCC2C(=O)O)cs1. The molecule has 0 aliphatic carbocycles. The molecular weight excluding hydrogens is 320 g/mol. The summed E-state index contributed by atoms with van der Waals surface area (Å²) < 4.78 is 0. The second-order valence-electron chi connectivity index (χ2n) is 6.71. The molecule has 1 saturated heterocycles. The van der Waals surface area contributed by atoms with E-state index in [1.807, 2.05) is 20.8 Å². The summed E-state index contributed by atoms with van der Waals surface area (Å²) >= 11 is 1.34. The van der Waals surface area contributed by atoms with Crippen molar-refractivity contribution < 1.29 is 24.6 Å². The number of rotatable bonds is 3. The first kappa shape index (κ1) is 17.4. The Morgan fingerprint density at radius 1 is 1.22 bits per heavy atom. The number of carboxylic acid groups (broad SMARTS) is 2. The molecule has 2 heterocycles. The lowest BCUT2D eigenvalue weighted by Crippen LogP contribution is -2.52. The van der Waals surface area contributed by atoms with Crippen LogP contribution < -0.4 is 0 Å². The summed E-state index contributed by atoms with van der Waals surface area (Å²) in [6.07, 6.45) is 0.384. The third-order valence-electron chi connectivity index (χ3n) is 3.84. The molecule has 2 unspecified atom stereocenters. The number of hydrogen-bond acceptors (Lipinski definition) is 5. The van der Waals surface area contributed by atoms with E-state index in [-0.39, 0.29) is 30.5 Å². The molecule has 1 fully saturated rings. The van der Waals surface area contributed by atoms with Gasteiger partial charge in [0.25, 0.3) is 5.91 Å². The zero-order chi connectivity index (χ0) is 17.4. The number of piperidine rings is 1. The van der Waals surface area contributed by atoms with Crippen LogP contribution in [0, 0.1) is 5.92 Å². The Kier molecular flexibility index (Phi) is 4.74. The van der Waals surface area contributed by atoms with Crippen LogP contribution in [-0.4, -0.2) is 50.5 Å². The van der Waals surface area contributed by atoms with Crippen molar-refractivity contribution >= 4 is 29.2 Å². The van der Waals surface area contributed by atoms with E-state index in [0.29, 0.717) is 0 Å². The van der Waals surface area contributed by atoms with Crippen LogP contribution in [0.1, 0.15) is 49.1 Å². The third-order valence-corrected chi connectivity index (χ3v) is 5.11. The second kappa shape index (κ2) is 6.27. The summed E-state index contributed by atoms with van der Waals surface area (Å²) in [5.41, 5.74) is -0.0295. The number of nitrogens with zero attached hydrogens (tertiary/aromatic N) is 2. The Balaban J connectivity index is 2.27. The average molecular weight is 340 g/mol. The molecule has 8 heteroatoms. The number of carbonyl (C=O) groups is 3. The highest BCUT2D eigenvalue weighted by Gasteiger charge is 2.39. The Bertz CT molecular complexity index is 634. The van der Waals surface area contributed by atoms with Gasteiger partial charge in [0.2, 0.25) is 0 Å². The van der Waals surface area contributed by atoms with Crippen LogP contribution in [0.5, 0.6) is 0 Å². The summed E-state index contributed by atoms with van der Waals surface area (Å²) in [4.78, 5) is 40.6. The minimum Gasteiger partial charge on any atom is -0.481 e. The molecule has 1 aliphatic rings. The maximum atomic E-state index is 12.6. The molecule has 0 saturated carbocycles. The molecule has 2 N–H and O–H groups in total. The lowest BCUT2D eigenvalue weighted by molar-refractivity contribution is -0.150. The fourth-order valence-corrected chi connectivity index (χ4v) is 3.40. The first-order valence-corrected chi connectivity index (χ1v) is 8.22. The highest BCUT2D eigenvalue weighted by molar-refractivity contribution is 7.10. The monoisotopic (exact) mass is 340 g/mol. The average Bonchev–Trinajstić information content (AvgIpc) is 2.95. The number of likely N-dealkylation sites (tertiary alicyclic amines) is 1. The number of aliphatic carboxylic acids is 2. The molecule has 0 aromatic carbocycles. The van der Waals surface area contributed by atoms with Crippen molar-refractivity contribution in [1.29, 1.82) is 0 Å². The molecule has 1 amide bonds. The van der Waals surface area contributed by atoms with Crippen molar-refractivity contribution in [3.63, 3.8) is 0 Å². The van der Waals surface area contributed by atoms with Crippen LogP contribution in [0.15, 0.2) is 5.38 Å². The van der Waals surface area contributed by atoms with Gasteiger partial charge in [0.1, 0.15) is 11.7 Å². The molecule has 2 rings (SSSR count). The van der Waals surface area contributed by atoms with E-state index in [1.165, 1.54) is 11.3 Å². The maximum absolute atomic E-state index is 12.6. The van der Waals surface area contributed by atoms with Crippen molar-refractivity contribution in [1.82, 2.24) is 9.88 Å². The van der Waals surface area contributed by atoms with E-state index in [9.17, 15) is 19.5 Å². The van der Waals surface area contributed by atoms with Gasteiger partial charge < -0.3 is 15.1 Å². The zero-order valence-corrected chi connectivity index (χ0v) is 14.1. The number of hydrogen-bond donors (Lipinski definition) is 2. The van der Waals surface area contributed by atoms with Gasteiger partial charge in [-0.3, -0.25) is 9.59 Å². The smallest absolute Gasteiger partial charge is 0.326 e. The maximum Gasteiger partial charge on any atom is 0.326 e. The van der Waals surface area contributed by atoms with Gasteiger partial charge in [-0.2, -0.15) is 0 Å². The van der Waals surface area contributed by atoms with Gasteiger partial charge in [0, 0.05) is 17.3 Å². The largest absolute Gasteiger partial charge is 0.481 e. The predicted molar refractivity (Wildman–Crippen MR) is 83.6 cm³/mol. The van der Waals surface area contributed by atoms with Crippen molar-refractivity contribution in [3.05, 3.63) is 16.1 Å². The number of carboxylic acids is 2. The Labute approximate surface area is 137 Å². The minimum absolute atomic E-state index is 0.104. The molecule has 0 spiro atoms. The molecule has 2 atom stereocenters. The molecule has 1 aromatic heterocycles. The van der Waals surface area contributed by atoms with Crippen LogP contribution in [0.2, 0.25) is 0 Å². The first-order valence-electron chi connectivity index (χ1n) is 7.34. The van der Waals surface area contributed by atoms with E-state index in [4.69, 9.17) is 5.11 Å². The highest BCUT2D eigenvalue weighted by atomic mass is 32.1. The fourth-order valence-electron chi connectivity index (χ4n) is 2.52. The molecule has 0 bridgehead atoms. The number of thiazole rings is 1. The van der Waals surface area contributed by atoms with Crippen LogP contribution in [0.3, 0.4) is 0 Å². The highest BCUT2D eigenvalue weighted by Crippen LogP contribution is 2.28. The molecule has 0 radical (unpaired) electrons. The topological polar surface area (TPSA) is 108 Å². The number of aromatic nitrogens is 1. The summed E-state index contributed by atoms with van der Waals surface area (Å²) in [5, 5.41) is 20.8. The molecule has 126 valence electrons. The van der Waals surface area contributed by atoms with Gasteiger partial charge >= 0.3 is 11.9 Å². The van der Waals surface area contributed by atoms with Gasteiger partial charge in [-0.1, -0.05) is 20.8 Å². The van der Waals surface area contributed by atoms with E-state index in [1.54, 1.807) is 5.38 Å². The van der Waals surface area contributed by atoms with Crippen molar-refractivity contribution in [2.45, 2.75) is 45.1 Å². The van der Waals surface area contributed by atoms with Crippen molar-refractivity contribution in [2.24, 2.45) is 5.92 Å². The van der Waals surface area contributed by atoms with E-state index in [2.05, 4.69) is 4.98 Å². The molecule has 7 nitrogen and oxygen atoms in total. The first-order chi connectivity index (χ1) is 10.6. The third kappa shape index (κ3) is 3.69.